The molecular formula is C16H20N4O. The second-order valence-corrected chi connectivity index (χ2v) is 5.77. The van der Waals surface area contributed by atoms with Crippen LogP contribution in [0.5, 0.6) is 0 Å². The summed E-state index contributed by atoms with van der Waals surface area (Å²) in [6.45, 7) is 6.00. The molecular weight excluding hydrogens is 264 g/mol. The van der Waals surface area contributed by atoms with E-state index in [0.29, 0.717) is 19.0 Å². The minimum Gasteiger partial charge on any atom is -0.336 e. The van der Waals surface area contributed by atoms with Gasteiger partial charge in [-0.15, -0.1) is 0 Å². The fourth-order valence-electron chi connectivity index (χ4n) is 2.60. The Hall–Kier alpha value is -2.17. The molecule has 2 aromatic heterocycles. The average Bonchev–Trinajstić information content (AvgIpc) is 2.99. The Labute approximate surface area is 124 Å². The molecule has 1 aliphatic rings. The number of aromatic nitrogens is 3. The van der Waals surface area contributed by atoms with Gasteiger partial charge in [0.25, 0.3) is 0 Å². The van der Waals surface area contributed by atoms with E-state index < -0.39 is 0 Å². The Morgan fingerprint density at radius 2 is 2.24 bits per heavy atom. The molecule has 2 aromatic rings. The second-order valence-electron chi connectivity index (χ2n) is 5.77. The minimum absolute atomic E-state index is 0.109. The Morgan fingerprint density at radius 3 is 2.95 bits per heavy atom. The van der Waals surface area contributed by atoms with Crippen molar-refractivity contribution in [1.82, 2.24) is 19.7 Å². The van der Waals surface area contributed by atoms with Crippen LogP contribution in [0.4, 0.5) is 0 Å². The molecule has 0 fully saturated rings. The summed E-state index contributed by atoms with van der Waals surface area (Å²) in [5.74, 6) is 0.548. The van der Waals surface area contributed by atoms with Crippen LogP contribution in [-0.4, -0.2) is 32.1 Å². The third-order valence-corrected chi connectivity index (χ3v) is 3.87. The first kappa shape index (κ1) is 13.8. The molecule has 0 saturated heterocycles. The summed E-state index contributed by atoms with van der Waals surface area (Å²) in [4.78, 5) is 18.9. The third kappa shape index (κ3) is 2.96. The molecule has 5 heteroatoms. The van der Waals surface area contributed by atoms with E-state index in [4.69, 9.17) is 4.98 Å². The molecule has 110 valence electrons. The van der Waals surface area contributed by atoms with E-state index in [0.717, 1.165) is 24.4 Å². The first-order chi connectivity index (χ1) is 10.1. The van der Waals surface area contributed by atoms with Crippen LogP contribution < -0.4 is 0 Å². The molecule has 0 N–H and O–H groups in total. The number of hydrogen-bond acceptors (Lipinski definition) is 3. The third-order valence-electron chi connectivity index (χ3n) is 3.87. The lowest BCUT2D eigenvalue weighted by atomic mass is 10.0. The van der Waals surface area contributed by atoms with Gasteiger partial charge in [0.2, 0.25) is 5.91 Å². The molecule has 0 aliphatic carbocycles. The molecule has 0 bridgehead atoms. The van der Waals surface area contributed by atoms with Crippen molar-refractivity contribution in [2.24, 2.45) is 0 Å². The van der Waals surface area contributed by atoms with Gasteiger partial charge in [0, 0.05) is 43.3 Å². The van der Waals surface area contributed by atoms with Crippen LogP contribution in [0.3, 0.4) is 0 Å². The van der Waals surface area contributed by atoms with Gasteiger partial charge in [-0.2, -0.15) is 5.10 Å². The van der Waals surface area contributed by atoms with E-state index >= 15 is 0 Å². The van der Waals surface area contributed by atoms with Crippen molar-refractivity contribution < 1.29 is 4.79 Å². The van der Waals surface area contributed by atoms with Crippen molar-refractivity contribution in [3.05, 3.63) is 47.5 Å². The summed E-state index contributed by atoms with van der Waals surface area (Å²) in [5, 5.41) is 4.08. The number of nitrogens with zero attached hydrogens (tertiary/aromatic N) is 4. The van der Waals surface area contributed by atoms with Crippen LogP contribution in [0.15, 0.2) is 30.6 Å². The summed E-state index contributed by atoms with van der Waals surface area (Å²) in [6.07, 6.45) is 4.34. The van der Waals surface area contributed by atoms with Gasteiger partial charge in [0.1, 0.15) is 6.54 Å². The van der Waals surface area contributed by atoms with Gasteiger partial charge in [0.15, 0.2) is 0 Å². The fraction of sp³-hybridized carbons (Fsp3) is 0.438. The first-order valence-electron chi connectivity index (χ1n) is 7.37. The van der Waals surface area contributed by atoms with Crippen molar-refractivity contribution in [1.29, 1.82) is 0 Å². The van der Waals surface area contributed by atoms with E-state index in [-0.39, 0.29) is 5.91 Å². The molecule has 0 spiro atoms. The highest BCUT2D eigenvalue weighted by atomic mass is 16.2. The van der Waals surface area contributed by atoms with Crippen molar-refractivity contribution in [2.45, 2.75) is 39.3 Å². The van der Waals surface area contributed by atoms with Gasteiger partial charge in [-0.25, -0.2) is 0 Å². The summed E-state index contributed by atoms with van der Waals surface area (Å²) in [7, 11) is 0. The normalized spacial score (nSPS) is 14.3. The molecule has 3 rings (SSSR count). The lowest BCUT2D eigenvalue weighted by Crippen LogP contribution is -2.38. The smallest absolute Gasteiger partial charge is 0.244 e. The first-order valence-corrected chi connectivity index (χ1v) is 7.37. The molecule has 21 heavy (non-hydrogen) atoms. The van der Waals surface area contributed by atoms with E-state index in [1.54, 1.807) is 10.9 Å². The Morgan fingerprint density at radius 1 is 1.38 bits per heavy atom. The Balaban J connectivity index is 1.71. The molecule has 0 atom stereocenters. The quantitative estimate of drug-likeness (QED) is 0.866. The van der Waals surface area contributed by atoms with E-state index in [2.05, 4.69) is 31.1 Å². The van der Waals surface area contributed by atoms with Gasteiger partial charge in [0.05, 0.1) is 0 Å². The molecule has 0 unspecified atom stereocenters. The predicted molar refractivity (Wildman–Crippen MR) is 79.7 cm³/mol. The highest BCUT2D eigenvalue weighted by molar-refractivity contribution is 5.76. The largest absolute Gasteiger partial charge is 0.336 e. The number of carbonyl (C=O) groups is 1. The highest BCUT2D eigenvalue weighted by Crippen LogP contribution is 2.21. The van der Waals surface area contributed by atoms with Crippen LogP contribution in [0.1, 0.15) is 36.7 Å². The Bertz CT molecular complexity index is 634. The minimum atomic E-state index is 0.109. The summed E-state index contributed by atoms with van der Waals surface area (Å²) in [5.41, 5.74) is 3.44. The molecule has 0 radical (unpaired) electrons. The van der Waals surface area contributed by atoms with Crippen molar-refractivity contribution in [2.75, 3.05) is 6.54 Å². The Kier molecular flexibility index (Phi) is 3.73. The molecule has 1 aliphatic heterocycles. The zero-order valence-electron chi connectivity index (χ0n) is 12.5. The summed E-state index contributed by atoms with van der Waals surface area (Å²) < 4.78 is 1.66. The van der Waals surface area contributed by atoms with Gasteiger partial charge in [-0.05, 0) is 23.6 Å². The number of rotatable bonds is 3. The van der Waals surface area contributed by atoms with E-state index in [9.17, 15) is 4.79 Å². The van der Waals surface area contributed by atoms with Gasteiger partial charge in [-0.3, -0.25) is 14.5 Å². The second kappa shape index (κ2) is 5.68. The van der Waals surface area contributed by atoms with Gasteiger partial charge < -0.3 is 4.90 Å². The number of fused-ring (bicyclic) bond motifs is 1. The predicted octanol–water partition coefficient (Wildman–Crippen LogP) is 1.99. The summed E-state index contributed by atoms with van der Waals surface area (Å²) in [6, 6.07) is 6.02. The maximum atomic E-state index is 12.3. The number of hydrogen-bond donors (Lipinski definition) is 0. The van der Waals surface area contributed by atoms with Crippen LogP contribution in [0.2, 0.25) is 0 Å². The summed E-state index contributed by atoms with van der Waals surface area (Å²) >= 11 is 0. The standard InChI is InChI=1S/C16H20N4O/c1-12(2)14-5-4-13-10-19(9-6-15(13)18-14)16(21)11-20-8-3-7-17-20/h3-5,7-8,12H,6,9-11H2,1-2H3. The molecule has 3 heterocycles. The van der Waals surface area contributed by atoms with Crippen LogP contribution >= 0.6 is 0 Å². The number of carbonyl (C=O) groups excluding carboxylic acids is 1. The fourth-order valence-corrected chi connectivity index (χ4v) is 2.60. The monoisotopic (exact) mass is 284 g/mol. The topological polar surface area (TPSA) is 51.0 Å². The van der Waals surface area contributed by atoms with Gasteiger partial charge in [-0.1, -0.05) is 19.9 Å². The maximum Gasteiger partial charge on any atom is 0.244 e. The van der Waals surface area contributed by atoms with Crippen LogP contribution in [-0.2, 0) is 24.3 Å². The van der Waals surface area contributed by atoms with Gasteiger partial charge >= 0.3 is 0 Å². The molecule has 0 aromatic carbocycles. The van der Waals surface area contributed by atoms with Crippen molar-refractivity contribution >= 4 is 5.91 Å². The van der Waals surface area contributed by atoms with Crippen LogP contribution in [0, 0.1) is 0 Å². The SMILES string of the molecule is CC(C)c1ccc2c(n1)CCN(C(=O)Cn1cccn1)C2. The molecule has 5 nitrogen and oxygen atoms in total. The zero-order valence-corrected chi connectivity index (χ0v) is 12.5. The molecule has 0 saturated carbocycles. The number of amides is 1. The van der Waals surface area contributed by atoms with Crippen molar-refractivity contribution in [3.63, 3.8) is 0 Å². The zero-order chi connectivity index (χ0) is 14.8. The van der Waals surface area contributed by atoms with Crippen molar-refractivity contribution in [3.8, 4) is 0 Å². The highest BCUT2D eigenvalue weighted by Gasteiger charge is 2.22. The molecule has 1 amide bonds. The maximum absolute atomic E-state index is 12.3. The van der Waals surface area contributed by atoms with E-state index in [1.165, 1.54) is 5.56 Å². The lowest BCUT2D eigenvalue weighted by Gasteiger charge is -2.28. The number of pyridine rings is 1. The van der Waals surface area contributed by atoms with Crippen LogP contribution in [0.25, 0.3) is 0 Å². The lowest BCUT2D eigenvalue weighted by molar-refractivity contribution is -0.133. The van der Waals surface area contributed by atoms with E-state index in [1.807, 2.05) is 17.2 Å². The average molecular weight is 284 g/mol.